The zero-order valence-corrected chi connectivity index (χ0v) is 28.8. The second-order valence-corrected chi connectivity index (χ2v) is 14.4. The van der Waals surface area contributed by atoms with Gasteiger partial charge in [-0.1, -0.05) is 57.9 Å². The van der Waals surface area contributed by atoms with Gasteiger partial charge in [0.05, 0.1) is 29.2 Å². The van der Waals surface area contributed by atoms with Crippen molar-refractivity contribution in [1.82, 2.24) is 24.8 Å². The van der Waals surface area contributed by atoms with Crippen LogP contribution >= 0.6 is 27.5 Å². The summed E-state index contributed by atoms with van der Waals surface area (Å²) < 4.78 is 57.9. The molecule has 1 amide bonds. The molecule has 0 bridgehead atoms. The van der Waals surface area contributed by atoms with E-state index in [4.69, 9.17) is 26.1 Å². The van der Waals surface area contributed by atoms with Crippen molar-refractivity contribution < 1.29 is 27.4 Å². The molecule has 0 unspecified atom stereocenters. The number of carbonyl (C=O) groups excluding carboxylic acids is 1. The minimum Gasteiger partial charge on any atom is -0.461 e. The van der Waals surface area contributed by atoms with Gasteiger partial charge in [0.2, 0.25) is 5.91 Å². The SMILES string of the molecule is O=C(/C=C/CBr)N1CCN(c2nc(OC[C@@]34CCCN3C[C@H](F)C4)nc3c(F)c(-c4cccc5ccc(F)c(Cl)c45)ncc23)CC12COC2. The minimum atomic E-state index is -0.940. The predicted octanol–water partition coefficient (Wildman–Crippen LogP) is 6.10. The van der Waals surface area contributed by atoms with Crippen LogP contribution in [0.4, 0.5) is 19.0 Å². The fourth-order valence-electron chi connectivity index (χ4n) is 7.99. The van der Waals surface area contributed by atoms with Crippen LogP contribution in [0, 0.1) is 11.6 Å². The molecule has 4 aliphatic heterocycles. The third-order valence-corrected chi connectivity index (χ3v) is 11.1. The molecular formula is C35H33BrClF3N6O3. The number of carbonyl (C=O) groups is 1. The molecule has 4 aliphatic rings. The number of pyridine rings is 1. The lowest BCUT2D eigenvalue weighted by Crippen LogP contribution is -2.72. The van der Waals surface area contributed by atoms with E-state index in [0.717, 1.165) is 19.4 Å². The maximum Gasteiger partial charge on any atom is 0.319 e. The second kappa shape index (κ2) is 12.7. The Balaban J connectivity index is 1.22. The van der Waals surface area contributed by atoms with Crippen LogP contribution in [-0.4, -0.2) is 106 Å². The van der Waals surface area contributed by atoms with E-state index in [1.165, 1.54) is 12.3 Å². The number of alkyl halides is 2. The van der Waals surface area contributed by atoms with Crippen LogP contribution in [0.5, 0.6) is 6.01 Å². The summed E-state index contributed by atoms with van der Waals surface area (Å²) in [7, 11) is 0. The highest BCUT2D eigenvalue weighted by Crippen LogP contribution is 2.42. The molecular weight excluding hydrogens is 725 g/mol. The Morgan fingerprint density at radius 2 is 2.02 bits per heavy atom. The molecule has 2 aromatic heterocycles. The predicted molar refractivity (Wildman–Crippen MR) is 184 cm³/mol. The van der Waals surface area contributed by atoms with Crippen LogP contribution in [0.15, 0.2) is 48.7 Å². The van der Waals surface area contributed by atoms with Gasteiger partial charge in [0.15, 0.2) is 5.82 Å². The van der Waals surface area contributed by atoms with E-state index in [9.17, 15) is 13.6 Å². The van der Waals surface area contributed by atoms with Crippen molar-refractivity contribution >= 4 is 60.9 Å². The summed E-state index contributed by atoms with van der Waals surface area (Å²) in [4.78, 5) is 33.0. The van der Waals surface area contributed by atoms with Crippen LogP contribution in [0.1, 0.15) is 19.3 Å². The summed E-state index contributed by atoms with van der Waals surface area (Å²) in [5.41, 5.74) is -0.813. The number of allylic oxidation sites excluding steroid dienone is 1. The molecule has 2 aromatic carbocycles. The van der Waals surface area contributed by atoms with E-state index in [2.05, 4.69) is 30.8 Å². The molecule has 0 aliphatic carbocycles. The van der Waals surface area contributed by atoms with E-state index in [0.29, 0.717) is 78.7 Å². The normalized spacial score (nSPS) is 23.6. The molecule has 8 rings (SSSR count). The molecule has 4 aromatic rings. The van der Waals surface area contributed by atoms with Gasteiger partial charge in [0.25, 0.3) is 0 Å². The van der Waals surface area contributed by atoms with Crippen molar-refractivity contribution in [3.05, 3.63) is 65.3 Å². The van der Waals surface area contributed by atoms with Gasteiger partial charge in [-0.15, -0.1) is 0 Å². The van der Waals surface area contributed by atoms with E-state index >= 15 is 4.39 Å². The van der Waals surface area contributed by atoms with Crippen molar-refractivity contribution in [2.45, 2.75) is 36.5 Å². The number of amides is 1. The van der Waals surface area contributed by atoms with E-state index < -0.39 is 28.9 Å². The first kappa shape index (κ1) is 32.7. The number of halogens is 5. The summed E-state index contributed by atoms with van der Waals surface area (Å²) in [6.07, 6.45) is 5.97. The molecule has 9 nitrogen and oxygen atoms in total. The first-order chi connectivity index (χ1) is 23.7. The molecule has 256 valence electrons. The first-order valence-electron chi connectivity index (χ1n) is 16.3. The monoisotopic (exact) mass is 756 g/mol. The zero-order chi connectivity index (χ0) is 33.9. The summed E-state index contributed by atoms with van der Waals surface area (Å²) in [6, 6.07) is 7.97. The van der Waals surface area contributed by atoms with E-state index in [1.807, 2.05) is 9.80 Å². The van der Waals surface area contributed by atoms with Crippen LogP contribution in [0.2, 0.25) is 5.02 Å². The number of hydrogen-bond donors (Lipinski definition) is 0. The fourth-order valence-corrected chi connectivity index (χ4v) is 8.45. The second-order valence-electron chi connectivity index (χ2n) is 13.3. The summed E-state index contributed by atoms with van der Waals surface area (Å²) in [5.74, 6) is -1.06. The standard InChI is InChI=1S/C35H33BrClF3N6O3/c36-10-2-6-26(47)46-13-12-44(17-35(46)18-48-19-35)32-24-15-41-30(23-5-1-4-21-7-8-25(39)28(37)27(21)23)29(40)31(24)42-33(43-32)49-20-34-9-3-11-45(34)16-22(38)14-34/h1-2,4-8,15,22H,3,9-14,16-20H2/b6-2+/t22-,34+/m1/s1. The summed E-state index contributed by atoms with van der Waals surface area (Å²) in [6.45, 7) is 3.20. The van der Waals surface area contributed by atoms with E-state index in [1.54, 1.807) is 36.4 Å². The number of rotatable bonds is 7. The number of nitrogens with zero attached hydrogens (tertiary/aromatic N) is 6. The molecule has 0 saturated carbocycles. The van der Waals surface area contributed by atoms with Gasteiger partial charge in [-0.3, -0.25) is 14.7 Å². The van der Waals surface area contributed by atoms with Crippen LogP contribution in [0.25, 0.3) is 32.9 Å². The Morgan fingerprint density at radius 3 is 2.82 bits per heavy atom. The van der Waals surface area contributed by atoms with Crippen molar-refractivity contribution in [3.63, 3.8) is 0 Å². The average Bonchev–Trinajstić information content (AvgIpc) is 3.62. The maximum atomic E-state index is 16.9. The van der Waals surface area contributed by atoms with E-state index in [-0.39, 0.29) is 34.8 Å². The van der Waals surface area contributed by atoms with Crippen molar-refractivity contribution in [2.24, 2.45) is 0 Å². The van der Waals surface area contributed by atoms with Crippen molar-refractivity contribution in [2.75, 3.05) is 62.8 Å². The topological polar surface area (TPSA) is 83.9 Å². The Bertz CT molecular complexity index is 2000. The van der Waals surface area contributed by atoms with Crippen molar-refractivity contribution in [3.8, 4) is 17.3 Å². The number of ether oxygens (including phenoxy) is 2. The summed E-state index contributed by atoms with van der Waals surface area (Å²) >= 11 is 9.75. The lowest BCUT2D eigenvalue weighted by Gasteiger charge is -2.55. The van der Waals surface area contributed by atoms with Gasteiger partial charge in [-0.2, -0.15) is 9.97 Å². The Morgan fingerprint density at radius 1 is 1.16 bits per heavy atom. The Kier molecular flexibility index (Phi) is 8.45. The Labute approximate surface area is 294 Å². The van der Waals surface area contributed by atoms with Gasteiger partial charge < -0.3 is 19.3 Å². The highest BCUT2D eigenvalue weighted by Gasteiger charge is 2.51. The largest absolute Gasteiger partial charge is 0.461 e. The Hall–Kier alpha value is -3.52. The molecule has 0 radical (unpaired) electrons. The maximum absolute atomic E-state index is 16.9. The molecule has 1 spiro atoms. The molecule has 14 heteroatoms. The van der Waals surface area contributed by atoms with Gasteiger partial charge in [-0.25, -0.2) is 13.2 Å². The molecule has 0 N–H and O–H groups in total. The number of anilines is 1. The number of hydrogen-bond acceptors (Lipinski definition) is 8. The first-order valence-corrected chi connectivity index (χ1v) is 17.8. The van der Waals surface area contributed by atoms with Gasteiger partial charge in [-0.05, 0) is 36.9 Å². The molecule has 2 atom stereocenters. The van der Waals surface area contributed by atoms with Gasteiger partial charge >= 0.3 is 6.01 Å². The third kappa shape index (κ3) is 5.53. The quantitative estimate of drug-likeness (QED) is 0.165. The number of benzene rings is 2. The molecule has 49 heavy (non-hydrogen) atoms. The van der Waals surface area contributed by atoms with Crippen LogP contribution in [0.3, 0.4) is 0 Å². The third-order valence-electron chi connectivity index (χ3n) is 10.4. The highest BCUT2D eigenvalue weighted by molar-refractivity contribution is 9.09. The number of aromatic nitrogens is 3. The number of fused-ring (bicyclic) bond motifs is 3. The molecule has 4 fully saturated rings. The van der Waals surface area contributed by atoms with Crippen LogP contribution in [-0.2, 0) is 9.53 Å². The zero-order valence-electron chi connectivity index (χ0n) is 26.5. The fraction of sp³-hybridized carbons (Fsp3) is 0.429. The van der Waals surface area contributed by atoms with Gasteiger partial charge in [0.1, 0.15) is 41.2 Å². The van der Waals surface area contributed by atoms with Gasteiger partial charge in [0, 0.05) is 55.1 Å². The molecule has 4 saturated heterocycles. The highest BCUT2D eigenvalue weighted by atomic mass is 79.9. The smallest absolute Gasteiger partial charge is 0.319 e. The number of piperazine rings is 1. The lowest BCUT2D eigenvalue weighted by molar-refractivity contribution is -0.164. The molecule has 6 heterocycles. The minimum absolute atomic E-state index is 0.0252. The van der Waals surface area contributed by atoms with Crippen molar-refractivity contribution in [1.29, 1.82) is 0 Å². The van der Waals surface area contributed by atoms with Crippen LogP contribution < -0.4 is 9.64 Å². The summed E-state index contributed by atoms with van der Waals surface area (Å²) in [5, 5.41) is 1.75. The lowest BCUT2D eigenvalue weighted by atomic mass is 9.91. The average molecular weight is 758 g/mol.